The third-order valence-corrected chi connectivity index (χ3v) is 8.67. The van der Waals surface area contributed by atoms with Crippen molar-refractivity contribution < 1.29 is 19.1 Å². The van der Waals surface area contributed by atoms with Gasteiger partial charge < -0.3 is 14.8 Å². The van der Waals surface area contributed by atoms with Crippen molar-refractivity contribution in [2.75, 3.05) is 24.0 Å². The number of fused-ring (bicyclic) bond motifs is 2. The summed E-state index contributed by atoms with van der Waals surface area (Å²) in [6, 6.07) is 23.7. The summed E-state index contributed by atoms with van der Waals surface area (Å²) < 4.78 is 13.1. The lowest BCUT2D eigenvalue weighted by molar-refractivity contribution is -0.123. The molecule has 0 saturated carbocycles. The molecule has 8 nitrogen and oxygen atoms in total. The number of benzene rings is 3. The predicted octanol–water partition coefficient (Wildman–Crippen LogP) is 5.69. The van der Waals surface area contributed by atoms with Crippen molar-refractivity contribution in [1.82, 2.24) is 15.1 Å². The Labute approximate surface area is 250 Å². The number of thioether (sulfide) groups is 1. The van der Waals surface area contributed by atoms with Gasteiger partial charge in [-0.3, -0.25) is 14.5 Å². The molecule has 4 aromatic rings. The number of nitrogens with zero attached hydrogens (tertiary/aromatic N) is 3. The van der Waals surface area contributed by atoms with E-state index >= 15 is 0 Å². The lowest BCUT2D eigenvalue weighted by Gasteiger charge is -2.24. The maximum Gasteiger partial charge on any atom is 0.240 e. The van der Waals surface area contributed by atoms with Crippen LogP contribution in [0.5, 0.6) is 11.5 Å². The Bertz CT molecular complexity index is 1630. The molecular weight excluding hydrogens is 548 g/mol. The highest BCUT2D eigenvalue weighted by Crippen LogP contribution is 2.49. The molecule has 6 rings (SSSR count). The minimum atomic E-state index is -0.343. The smallest absolute Gasteiger partial charge is 0.240 e. The zero-order chi connectivity index (χ0) is 29.4. The molecule has 42 heavy (non-hydrogen) atoms. The van der Waals surface area contributed by atoms with Gasteiger partial charge in [-0.15, -0.1) is 11.8 Å². The van der Waals surface area contributed by atoms with E-state index in [4.69, 9.17) is 14.6 Å². The molecular formula is C33H34N4O4S. The molecule has 0 saturated heterocycles. The Kier molecular flexibility index (Phi) is 7.45. The van der Waals surface area contributed by atoms with Gasteiger partial charge in [-0.05, 0) is 42.3 Å². The van der Waals surface area contributed by atoms with Crippen molar-refractivity contribution in [1.29, 1.82) is 0 Å². The molecule has 9 heteroatoms. The number of carbonyl (C=O) groups is 2. The van der Waals surface area contributed by atoms with Crippen LogP contribution in [0.4, 0.5) is 5.82 Å². The van der Waals surface area contributed by atoms with E-state index in [1.165, 1.54) is 0 Å². The Balaban J connectivity index is 1.48. The highest BCUT2D eigenvalue weighted by atomic mass is 32.2. The fourth-order valence-corrected chi connectivity index (χ4v) is 6.46. The van der Waals surface area contributed by atoms with E-state index in [1.54, 1.807) is 16.7 Å². The molecule has 0 radical (unpaired) electrons. The number of nitrogens with one attached hydrogen (secondary N) is 1. The lowest BCUT2D eigenvalue weighted by Crippen LogP contribution is -2.42. The van der Waals surface area contributed by atoms with Crippen LogP contribution in [0.25, 0.3) is 5.69 Å². The van der Waals surface area contributed by atoms with Gasteiger partial charge in [0.05, 0.1) is 22.4 Å². The van der Waals surface area contributed by atoms with E-state index in [9.17, 15) is 9.59 Å². The zero-order valence-electron chi connectivity index (χ0n) is 24.2. The van der Waals surface area contributed by atoms with E-state index < -0.39 is 0 Å². The SMILES string of the molecule is Cc1ccc(-n2nc(C(C)(C)C)c3c2N(CC(=O)NCc2ccccc2)C(=O)CSC3c2ccc3c(c2)OCO3)cc1. The van der Waals surface area contributed by atoms with E-state index in [1.807, 2.05) is 84.4 Å². The van der Waals surface area contributed by atoms with Crippen molar-refractivity contribution in [3.63, 3.8) is 0 Å². The van der Waals surface area contributed by atoms with Crippen LogP contribution in [0.2, 0.25) is 0 Å². The first-order chi connectivity index (χ1) is 20.2. The number of anilines is 1. The number of hydrogen-bond donors (Lipinski definition) is 1. The van der Waals surface area contributed by atoms with Crippen LogP contribution in [-0.4, -0.2) is 40.7 Å². The van der Waals surface area contributed by atoms with Crippen molar-refractivity contribution in [2.45, 2.75) is 44.9 Å². The van der Waals surface area contributed by atoms with Crippen molar-refractivity contribution in [3.8, 4) is 17.2 Å². The number of aromatic nitrogens is 2. The Hall–Kier alpha value is -4.24. The van der Waals surface area contributed by atoms with E-state index in [0.717, 1.165) is 33.6 Å². The highest BCUT2D eigenvalue weighted by Gasteiger charge is 2.40. The second kappa shape index (κ2) is 11.2. The number of hydrogen-bond acceptors (Lipinski definition) is 6. The van der Waals surface area contributed by atoms with E-state index in [0.29, 0.717) is 23.9 Å². The Morgan fingerprint density at radius 1 is 1.02 bits per heavy atom. The molecule has 2 aliphatic rings. The van der Waals surface area contributed by atoms with Crippen LogP contribution in [0, 0.1) is 6.92 Å². The maximum atomic E-state index is 13.9. The summed E-state index contributed by atoms with van der Waals surface area (Å²) in [7, 11) is 0. The number of carbonyl (C=O) groups excluding carboxylic acids is 2. The highest BCUT2D eigenvalue weighted by molar-refractivity contribution is 8.00. The van der Waals surface area contributed by atoms with Gasteiger partial charge in [0.1, 0.15) is 12.4 Å². The van der Waals surface area contributed by atoms with Crippen LogP contribution >= 0.6 is 11.8 Å². The Morgan fingerprint density at radius 2 is 1.76 bits per heavy atom. The number of ether oxygens (including phenoxy) is 2. The van der Waals surface area contributed by atoms with Crippen LogP contribution in [0.3, 0.4) is 0 Å². The molecule has 1 N–H and O–H groups in total. The summed E-state index contributed by atoms with van der Waals surface area (Å²) in [5, 5.41) is 7.94. The number of amides is 2. The molecule has 3 aromatic carbocycles. The van der Waals surface area contributed by atoms with Gasteiger partial charge in [0.15, 0.2) is 11.5 Å². The summed E-state index contributed by atoms with van der Waals surface area (Å²) in [5.74, 6) is 1.84. The third-order valence-electron chi connectivity index (χ3n) is 7.41. The monoisotopic (exact) mass is 582 g/mol. The van der Waals surface area contributed by atoms with Gasteiger partial charge in [0.2, 0.25) is 18.6 Å². The summed E-state index contributed by atoms with van der Waals surface area (Å²) in [6.07, 6.45) is 0. The number of rotatable bonds is 6. The minimum Gasteiger partial charge on any atom is -0.454 e. The average Bonchev–Trinajstić information content (AvgIpc) is 3.58. The van der Waals surface area contributed by atoms with Gasteiger partial charge in [-0.25, -0.2) is 4.68 Å². The van der Waals surface area contributed by atoms with Crippen LogP contribution in [0.15, 0.2) is 72.8 Å². The molecule has 1 atom stereocenters. The van der Waals surface area contributed by atoms with Crippen LogP contribution in [0.1, 0.15) is 54.0 Å². The fraction of sp³-hybridized carbons (Fsp3) is 0.303. The quantitative estimate of drug-likeness (QED) is 0.314. The molecule has 2 amide bonds. The largest absolute Gasteiger partial charge is 0.454 e. The molecule has 0 bridgehead atoms. The second-order valence-corrected chi connectivity index (χ2v) is 12.7. The van der Waals surface area contributed by atoms with Crippen molar-refractivity contribution in [2.24, 2.45) is 0 Å². The fourth-order valence-electron chi connectivity index (χ4n) is 5.27. The van der Waals surface area contributed by atoms with E-state index in [2.05, 4.69) is 26.1 Å². The minimum absolute atomic E-state index is 0.117. The van der Waals surface area contributed by atoms with Crippen molar-refractivity contribution in [3.05, 3.63) is 101 Å². The lowest BCUT2D eigenvalue weighted by atomic mass is 9.87. The topological polar surface area (TPSA) is 85.7 Å². The van der Waals surface area contributed by atoms with E-state index in [-0.39, 0.29) is 41.6 Å². The summed E-state index contributed by atoms with van der Waals surface area (Å²) in [6.45, 7) is 8.86. The molecule has 2 aliphatic heterocycles. The van der Waals surface area contributed by atoms with Crippen molar-refractivity contribution >= 4 is 29.4 Å². The molecule has 0 aliphatic carbocycles. The normalized spacial score (nSPS) is 16.2. The van der Waals surface area contributed by atoms with Gasteiger partial charge >= 0.3 is 0 Å². The van der Waals surface area contributed by atoms with Gasteiger partial charge in [0.25, 0.3) is 0 Å². The van der Waals surface area contributed by atoms with Gasteiger partial charge in [-0.1, -0.05) is 74.9 Å². The number of aryl methyl sites for hydroxylation is 1. The standard InChI is InChI=1S/C33H34N4O4S/c1-21-10-13-24(14-11-21)37-32-29(31(35-37)33(2,3)4)30(23-12-15-25-26(16-23)41-20-40-25)42-19-28(39)36(32)18-27(38)34-17-22-8-6-5-7-9-22/h5-16,30H,17-20H2,1-4H3,(H,34,38). The zero-order valence-corrected chi connectivity index (χ0v) is 25.0. The summed E-state index contributed by atoms with van der Waals surface area (Å²) in [5.41, 5.74) is 5.38. The summed E-state index contributed by atoms with van der Waals surface area (Å²) in [4.78, 5) is 28.9. The first kappa shape index (κ1) is 27.9. The molecule has 216 valence electrons. The van der Waals surface area contributed by atoms with Crippen LogP contribution < -0.4 is 19.7 Å². The first-order valence-electron chi connectivity index (χ1n) is 14.0. The van der Waals surface area contributed by atoms with Gasteiger partial charge in [0, 0.05) is 17.5 Å². The molecule has 0 spiro atoms. The average molecular weight is 583 g/mol. The predicted molar refractivity (Wildman–Crippen MR) is 165 cm³/mol. The Morgan fingerprint density at radius 3 is 2.50 bits per heavy atom. The second-order valence-electron chi connectivity index (χ2n) is 11.6. The maximum absolute atomic E-state index is 13.9. The van der Waals surface area contributed by atoms with Crippen LogP contribution in [-0.2, 0) is 21.5 Å². The van der Waals surface area contributed by atoms with Gasteiger partial charge in [-0.2, -0.15) is 5.10 Å². The molecule has 1 aromatic heterocycles. The molecule has 0 fully saturated rings. The third kappa shape index (κ3) is 5.48. The molecule has 1 unspecified atom stereocenters. The molecule has 3 heterocycles. The summed E-state index contributed by atoms with van der Waals surface area (Å²) >= 11 is 1.54. The first-order valence-corrected chi connectivity index (χ1v) is 15.1.